The van der Waals surface area contributed by atoms with Crippen LogP contribution in [-0.4, -0.2) is 54.7 Å². The van der Waals surface area contributed by atoms with E-state index in [0.29, 0.717) is 5.01 Å². The van der Waals surface area contributed by atoms with Crippen molar-refractivity contribution in [2.24, 2.45) is 15.3 Å². The van der Waals surface area contributed by atoms with Crippen molar-refractivity contribution in [2.45, 2.75) is 15.8 Å². The van der Waals surface area contributed by atoms with E-state index < -0.39 is 53.7 Å². The van der Waals surface area contributed by atoms with Crippen molar-refractivity contribution in [1.82, 2.24) is 0 Å². The zero-order valence-electron chi connectivity index (χ0n) is 16.1. The molecule has 2 aromatic rings. The van der Waals surface area contributed by atoms with Crippen molar-refractivity contribution < 1.29 is 70.2 Å². The third-order valence-corrected chi connectivity index (χ3v) is 5.64. The Hall–Kier alpha value is -2.53. The number of aliphatic carboxylic acids is 1. The molecule has 1 heterocycles. The van der Waals surface area contributed by atoms with Crippen LogP contribution in [0.25, 0.3) is 0 Å². The molecule has 3 rings (SSSR count). The maximum Gasteiger partial charge on any atom is 1.00 e. The smallest absolute Gasteiger partial charge is 0.744 e. The molecule has 0 saturated heterocycles. The van der Waals surface area contributed by atoms with E-state index in [4.69, 9.17) is 4.55 Å². The fourth-order valence-electron chi connectivity index (χ4n) is 2.46. The van der Waals surface area contributed by atoms with Crippen molar-refractivity contribution in [3.05, 3.63) is 48.5 Å². The van der Waals surface area contributed by atoms with Crippen LogP contribution in [0.1, 0.15) is 0 Å². The average molecular weight is 490 g/mol. The number of nitrogens with zero attached hydrogens (tertiary/aromatic N) is 4. The van der Waals surface area contributed by atoms with Crippen LogP contribution in [-0.2, 0) is 29.8 Å². The van der Waals surface area contributed by atoms with Gasteiger partial charge >= 0.3 is 35.5 Å². The van der Waals surface area contributed by atoms with Crippen molar-refractivity contribution in [1.29, 1.82) is 0 Å². The molecule has 32 heavy (non-hydrogen) atoms. The number of carboxylic acid groups (broad SMARTS) is 1. The zero-order chi connectivity index (χ0) is 23.0. The van der Waals surface area contributed by atoms with Gasteiger partial charge in [0.25, 0.3) is 16.0 Å². The maximum absolute atomic E-state index is 12.6. The Morgan fingerprint density at radius 2 is 1.53 bits per heavy atom. The van der Waals surface area contributed by atoms with Gasteiger partial charge in [-0.1, -0.05) is 0 Å². The minimum Gasteiger partial charge on any atom is -0.744 e. The van der Waals surface area contributed by atoms with Crippen LogP contribution in [0.4, 0.5) is 11.4 Å². The van der Waals surface area contributed by atoms with Gasteiger partial charge < -0.3 is 9.66 Å². The van der Waals surface area contributed by atoms with E-state index in [9.17, 15) is 36.1 Å². The minimum absolute atomic E-state index is 0. The van der Waals surface area contributed by atoms with E-state index >= 15 is 0 Å². The monoisotopic (exact) mass is 490 g/mol. The Balaban J connectivity index is 0.00000363. The number of hydrogen-bond acceptors (Lipinski definition) is 10. The van der Waals surface area contributed by atoms with E-state index in [1.165, 1.54) is 0 Å². The van der Waals surface area contributed by atoms with E-state index in [1.54, 1.807) is 0 Å². The number of amides is 1. The van der Waals surface area contributed by atoms with Gasteiger partial charge in [-0.3, -0.25) is 9.35 Å². The van der Waals surface area contributed by atoms with Crippen LogP contribution < -0.4 is 34.6 Å². The number of carbonyl (C=O) groups excluding carboxylic acids is 1. The van der Waals surface area contributed by atoms with Gasteiger partial charge in [-0.15, -0.1) is 0 Å². The van der Waals surface area contributed by atoms with Crippen LogP contribution in [0.2, 0.25) is 0 Å². The molecule has 1 atom stereocenters. The first-order valence-corrected chi connectivity index (χ1v) is 10.9. The SMILES string of the molecule is O=C(O)C1=NN(c2ccc(S(=O)(=O)O)cc2)C(=O)C1N=Nc1ccc(S(=O)(=O)[O-])cc1.[Na+]. The van der Waals surface area contributed by atoms with Gasteiger partial charge in [0.05, 0.1) is 21.2 Å². The van der Waals surface area contributed by atoms with Crippen LogP contribution in [0.3, 0.4) is 0 Å². The van der Waals surface area contributed by atoms with Crippen LogP contribution in [0.5, 0.6) is 0 Å². The number of carboxylic acids is 1. The van der Waals surface area contributed by atoms with E-state index in [2.05, 4.69) is 15.3 Å². The van der Waals surface area contributed by atoms with Crippen molar-refractivity contribution in [3.8, 4) is 0 Å². The Kier molecular flexibility index (Phi) is 7.67. The number of benzene rings is 2. The number of hydrogen-bond donors (Lipinski definition) is 2. The Bertz CT molecular complexity index is 1320. The second-order valence-electron chi connectivity index (χ2n) is 5.98. The van der Waals surface area contributed by atoms with Gasteiger partial charge in [-0.2, -0.15) is 28.8 Å². The normalized spacial score (nSPS) is 16.7. The summed E-state index contributed by atoms with van der Waals surface area (Å²) in [5.41, 5.74) is -0.605. The summed E-state index contributed by atoms with van der Waals surface area (Å²) < 4.78 is 64.0. The standard InChI is InChI=1S/C16H12N4O9S2.Na/c21-15-13(18-17-9-1-5-11(6-2-9)30(24,25)26)14(16(22)23)19-20(15)10-3-7-12(8-4-10)31(27,28)29;/h1-8,13H,(H,22,23)(H,24,25,26)(H,27,28,29);/q;+1/p-1. The molecule has 1 unspecified atom stereocenters. The number of hydrazone groups is 1. The quantitative estimate of drug-likeness (QED) is 0.255. The van der Waals surface area contributed by atoms with Gasteiger partial charge in [0.15, 0.2) is 5.71 Å². The molecule has 0 radical (unpaired) electrons. The molecule has 0 spiro atoms. The average Bonchev–Trinajstić information content (AvgIpc) is 3.02. The third kappa shape index (κ3) is 5.63. The van der Waals surface area contributed by atoms with Gasteiger partial charge in [-0.05, 0) is 48.5 Å². The molecule has 0 saturated carbocycles. The van der Waals surface area contributed by atoms with E-state index in [0.717, 1.165) is 48.5 Å². The fourth-order valence-corrected chi connectivity index (χ4v) is 3.41. The predicted octanol–water partition coefficient (Wildman–Crippen LogP) is -2.22. The Labute approximate surface area is 203 Å². The second kappa shape index (κ2) is 9.53. The molecule has 162 valence electrons. The molecule has 13 nitrogen and oxygen atoms in total. The number of anilines is 1. The summed E-state index contributed by atoms with van der Waals surface area (Å²) in [6.07, 6.45) is 0. The van der Waals surface area contributed by atoms with Gasteiger partial charge in [0.2, 0.25) is 6.04 Å². The summed E-state index contributed by atoms with van der Waals surface area (Å²) in [5, 5.41) is 21.0. The van der Waals surface area contributed by atoms with Crippen LogP contribution in [0, 0.1) is 0 Å². The van der Waals surface area contributed by atoms with Crippen LogP contribution >= 0.6 is 0 Å². The maximum atomic E-state index is 12.6. The molecule has 1 aliphatic rings. The topological polar surface area (TPSA) is 206 Å². The summed E-state index contributed by atoms with van der Waals surface area (Å²) in [6.45, 7) is 0. The summed E-state index contributed by atoms with van der Waals surface area (Å²) in [6, 6.07) is 6.83. The largest absolute Gasteiger partial charge is 1.00 e. The van der Waals surface area contributed by atoms with E-state index in [1.807, 2.05) is 0 Å². The molecule has 0 bridgehead atoms. The molecule has 0 fully saturated rings. The first kappa shape index (κ1) is 25.7. The van der Waals surface area contributed by atoms with Crippen molar-refractivity contribution in [3.63, 3.8) is 0 Å². The van der Waals surface area contributed by atoms with Crippen molar-refractivity contribution >= 4 is 49.2 Å². The molecule has 0 aliphatic carbocycles. The summed E-state index contributed by atoms with van der Waals surface area (Å²) in [7, 11) is -9.13. The van der Waals surface area contributed by atoms with Gasteiger partial charge in [-0.25, -0.2) is 13.2 Å². The summed E-state index contributed by atoms with van der Waals surface area (Å²) >= 11 is 0. The second-order valence-corrected chi connectivity index (χ2v) is 8.78. The molecular weight excluding hydrogens is 479 g/mol. The number of rotatable bonds is 6. The Morgan fingerprint density at radius 3 is 2.00 bits per heavy atom. The fraction of sp³-hybridized carbons (Fsp3) is 0.0625. The molecule has 2 N–H and O–H groups in total. The summed E-state index contributed by atoms with van der Waals surface area (Å²) in [5.74, 6) is -2.46. The van der Waals surface area contributed by atoms with E-state index in [-0.39, 0.29) is 40.9 Å². The minimum atomic E-state index is -4.66. The number of azo groups is 1. The molecule has 1 amide bonds. The van der Waals surface area contributed by atoms with Crippen LogP contribution in [0.15, 0.2) is 73.7 Å². The van der Waals surface area contributed by atoms with Crippen molar-refractivity contribution in [2.75, 3.05) is 5.01 Å². The Morgan fingerprint density at radius 1 is 1.00 bits per heavy atom. The molecular formula is C16H11N4NaO9S2. The summed E-state index contributed by atoms with van der Waals surface area (Å²) in [4.78, 5) is 23.1. The molecule has 2 aromatic carbocycles. The van der Waals surface area contributed by atoms with Gasteiger partial charge in [0, 0.05) is 0 Å². The zero-order valence-corrected chi connectivity index (χ0v) is 19.7. The molecule has 1 aliphatic heterocycles. The molecule has 0 aromatic heterocycles. The third-order valence-electron chi connectivity index (χ3n) is 3.92. The first-order chi connectivity index (χ1) is 14.4. The predicted molar refractivity (Wildman–Crippen MR) is 102 cm³/mol. The number of carbonyl (C=O) groups is 2. The first-order valence-electron chi connectivity index (χ1n) is 8.08. The molecule has 16 heteroatoms. The van der Waals surface area contributed by atoms with Gasteiger partial charge in [0.1, 0.15) is 10.1 Å².